The molecule has 0 unspecified atom stereocenters. The molecule has 1 amide bonds. The van der Waals surface area contributed by atoms with Gasteiger partial charge in [0.1, 0.15) is 5.82 Å². The highest BCUT2D eigenvalue weighted by atomic mass is 32.1. The lowest BCUT2D eigenvalue weighted by atomic mass is 10.1. The van der Waals surface area contributed by atoms with E-state index in [4.69, 9.17) is 4.74 Å². The maximum atomic E-state index is 11.6. The number of hydrogen-bond acceptors (Lipinski definition) is 6. The number of anilines is 1. The van der Waals surface area contributed by atoms with Gasteiger partial charge in [0.2, 0.25) is 5.13 Å². The van der Waals surface area contributed by atoms with Gasteiger partial charge in [0.25, 0.3) is 0 Å². The third kappa shape index (κ3) is 3.79. The lowest BCUT2D eigenvalue weighted by Crippen LogP contribution is -2.42. The molecular formula is C12H20N4O2S. The van der Waals surface area contributed by atoms with Crippen LogP contribution in [0.15, 0.2) is 0 Å². The van der Waals surface area contributed by atoms with E-state index in [9.17, 15) is 4.79 Å². The van der Waals surface area contributed by atoms with Crippen LogP contribution < -0.4 is 5.32 Å². The predicted molar refractivity (Wildman–Crippen MR) is 74.5 cm³/mol. The molecule has 1 fully saturated rings. The second kappa shape index (κ2) is 6.70. The Labute approximate surface area is 117 Å². The summed E-state index contributed by atoms with van der Waals surface area (Å²) in [6.45, 7) is 5.77. The van der Waals surface area contributed by atoms with Crippen molar-refractivity contribution in [1.82, 2.24) is 14.3 Å². The highest BCUT2D eigenvalue weighted by Gasteiger charge is 2.23. The van der Waals surface area contributed by atoms with Crippen molar-refractivity contribution >= 4 is 22.8 Å². The van der Waals surface area contributed by atoms with Gasteiger partial charge in [-0.25, -0.2) is 9.78 Å². The molecule has 0 aromatic carbocycles. The summed E-state index contributed by atoms with van der Waals surface area (Å²) < 4.78 is 9.25. The first kappa shape index (κ1) is 14.0. The second-order valence-corrected chi connectivity index (χ2v) is 5.23. The van der Waals surface area contributed by atoms with E-state index >= 15 is 0 Å². The Bertz CT molecular complexity index is 416. The van der Waals surface area contributed by atoms with Crippen molar-refractivity contribution in [2.24, 2.45) is 0 Å². The van der Waals surface area contributed by atoms with Gasteiger partial charge in [-0.15, -0.1) is 0 Å². The molecule has 1 aliphatic rings. The minimum atomic E-state index is -0.204. The number of amides is 1. The molecule has 7 heteroatoms. The molecular weight excluding hydrogens is 264 g/mol. The summed E-state index contributed by atoms with van der Waals surface area (Å²) in [7, 11) is 0. The Morgan fingerprint density at radius 3 is 2.79 bits per heavy atom. The molecule has 2 rings (SSSR count). The molecule has 1 N–H and O–H groups in total. The van der Waals surface area contributed by atoms with E-state index in [0.29, 0.717) is 12.6 Å². The summed E-state index contributed by atoms with van der Waals surface area (Å²) >= 11 is 1.41. The van der Waals surface area contributed by atoms with Crippen LogP contribution >= 0.6 is 11.5 Å². The van der Waals surface area contributed by atoms with E-state index < -0.39 is 0 Å². The molecule has 19 heavy (non-hydrogen) atoms. The maximum absolute atomic E-state index is 11.6. The number of aryl methyl sites for hydroxylation is 1. The zero-order chi connectivity index (χ0) is 13.7. The second-order valence-electron chi connectivity index (χ2n) is 4.47. The summed E-state index contributed by atoms with van der Waals surface area (Å²) in [6.07, 6.45) is 2.49. The van der Waals surface area contributed by atoms with E-state index in [2.05, 4.69) is 14.7 Å². The lowest BCUT2D eigenvalue weighted by Gasteiger charge is -2.31. The molecule has 0 bridgehead atoms. The number of carbonyl (C=O) groups excluding carboxylic acids is 1. The minimum absolute atomic E-state index is 0.204. The molecule has 0 atom stereocenters. The number of nitrogens with zero attached hydrogens (tertiary/aromatic N) is 3. The Morgan fingerprint density at radius 1 is 1.47 bits per heavy atom. The van der Waals surface area contributed by atoms with Crippen molar-refractivity contribution in [1.29, 1.82) is 0 Å². The Hall–Kier alpha value is -1.37. The molecule has 2 heterocycles. The van der Waals surface area contributed by atoms with Gasteiger partial charge in [0.05, 0.1) is 6.61 Å². The molecule has 1 aromatic heterocycles. The van der Waals surface area contributed by atoms with E-state index in [-0.39, 0.29) is 6.09 Å². The number of piperidine rings is 1. The number of rotatable bonds is 4. The van der Waals surface area contributed by atoms with Crippen molar-refractivity contribution in [3.8, 4) is 0 Å². The normalized spacial score (nSPS) is 16.4. The van der Waals surface area contributed by atoms with E-state index in [1.807, 2.05) is 13.8 Å². The standard InChI is InChI=1S/C12H20N4O2S/c1-3-10-14-11(19-15-10)13-9-5-7-16(8-6-9)12(17)18-4-2/h9H,3-8H2,1-2H3,(H,13,14,15). The predicted octanol–water partition coefficient (Wildman–Crippen LogP) is 2.13. The lowest BCUT2D eigenvalue weighted by molar-refractivity contribution is 0.0983. The average Bonchev–Trinajstić information content (AvgIpc) is 2.87. The van der Waals surface area contributed by atoms with Gasteiger partial charge in [-0.05, 0) is 19.8 Å². The van der Waals surface area contributed by atoms with Crippen molar-refractivity contribution in [2.45, 2.75) is 39.2 Å². The Kier molecular flexibility index (Phi) is 4.95. The summed E-state index contributed by atoms with van der Waals surface area (Å²) in [6, 6.07) is 0.364. The summed E-state index contributed by atoms with van der Waals surface area (Å²) in [5.74, 6) is 0.886. The smallest absolute Gasteiger partial charge is 0.409 e. The van der Waals surface area contributed by atoms with Crippen LogP contribution in [0.4, 0.5) is 9.93 Å². The third-order valence-electron chi connectivity index (χ3n) is 3.13. The van der Waals surface area contributed by atoms with Crippen molar-refractivity contribution < 1.29 is 9.53 Å². The van der Waals surface area contributed by atoms with Crippen molar-refractivity contribution in [3.63, 3.8) is 0 Å². The maximum Gasteiger partial charge on any atom is 0.409 e. The first-order chi connectivity index (χ1) is 9.22. The highest BCUT2D eigenvalue weighted by Crippen LogP contribution is 2.18. The van der Waals surface area contributed by atoms with Gasteiger partial charge in [-0.1, -0.05) is 6.92 Å². The number of nitrogens with one attached hydrogen (secondary N) is 1. The van der Waals surface area contributed by atoms with Gasteiger partial charge in [-0.2, -0.15) is 4.37 Å². The topological polar surface area (TPSA) is 67.3 Å². The van der Waals surface area contributed by atoms with Crippen molar-refractivity contribution in [2.75, 3.05) is 25.0 Å². The number of ether oxygens (including phenoxy) is 1. The average molecular weight is 284 g/mol. The molecule has 106 valence electrons. The monoisotopic (exact) mass is 284 g/mol. The molecule has 0 spiro atoms. The van der Waals surface area contributed by atoms with Gasteiger partial charge >= 0.3 is 6.09 Å². The molecule has 1 saturated heterocycles. The fourth-order valence-electron chi connectivity index (χ4n) is 2.05. The molecule has 0 radical (unpaired) electrons. The Balaban J connectivity index is 1.78. The molecule has 1 aromatic rings. The molecule has 0 aliphatic carbocycles. The van der Waals surface area contributed by atoms with Crippen LogP contribution in [0.1, 0.15) is 32.5 Å². The first-order valence-electron chi connectivity index (χ1n) is 6.73. The molecule has 0 saturated carbocycles. The van der Waals surface area contributed by atoms with Crippen molar-refractivity contribution in [3.05, 3.63) is 5.82 Å². The molecule has 6 nitrogen and oxygen atoms in total. The fourth-order valence-corrected chi connectivity index (χ4v) is 2.78. The Morgan fingerprint density at radius 2 is 2.21 bits per heavy atom. The SMILES string of the molecule is CCOC(=O)N1CCC(Nc2nc(CC)ns2)CC1. The summed E-state index contributed by atoms with van der Waals surface area (Å²) in [5, 5.41) is 4.27. The number of likely N-dealkylation sites (tertiary alicyclic amines) is 1. The quantitative estimate of drug-likeness (QED) is 0.917. The van der Waals surface area contributed by atoms with Gasteiger partial charge in [-0.3, -0.25) is 0 Å². The zero-order valence-corrected chi connectivity index (χ0v) is 12.2. The van der Waals surface area contributed by atoms with Gasteiger partial charge in [0, 0.05) is 37.1 Å². The number of aromatic nitrogens is 2. The number of carbonyl (C=O) groups is 1. The van der Waals surface area contributed by atoms with Gasteiger partial charge < -0.3 is 15.0 Å². The van der Waals surface area contributed by atoms with Crippen LogP contribution in [0.25, 0.3) is 0 Å². The minimum Gasteiger partial charge on any atom is -0.450 e. The highest BCUT2D eigenvalue weighted by molar-refractivity contribution is 7.09. The number of hydrogen-bond donors (Lipinski definition) is 1. The van der Waals surface area contributed by atoms with Crippen LogP contribution in [-0.2, 0) is 11.2 Å². The van der Waals surface area contributed by atoms with Crippen LogP contribution in [0, 0.1) is 0 Å². The van der Waals surface area contributed by atoms with E-state index in [1.165, 1.54) is 11.5 Å². The van der Waals surface area contributed by atoms with Crippen LogP contribution in [0.5, 0.6) is 0 Å². The third-order valence-corrected chi connectivity index (χ3v) is 3.82. The van der Waals surface area contributed by atoms with E-state index in [1.54, 1.807) is 4.90 Å². The summed E-state index contributed by atoms with van der Waals surface area (Å²) in [5.41, 5.74) is 0. The fraction of sp³-hybridized carbons (Fsp3) is 0.750. The van der Waals surface area contributed by atoms with Gasteiger partial charge in [0.15, 0.2) is 0 Å². The van der Waals surface area contributed by atoms with Crippen LogP contribution in [-0.4, -0.2) is 46.1 Å². The molecule has 1 aliphatic heterocycles. The zero-order valence-electron chi connectivity index (χ0n) is 11.4. The largest absolute Gasteiger partial charge is 0.450 e. The first-order valence-corrected chi connectivity index (χ1v) is 7.51. The summed E-state index contributed by atoms with van der Waals surface area (Å²) in [4.78, 5) is 17.7. The van der Waals surface area contributed by atoms with Crippen LogP contribution in [0.2, 0.25) is 0 Å². The van der Waals surface area contributed by atoms with E-state index in [0.717, 1.165) is 43.3 Å². The van der Waals surface area contributed by atoms with Crippen LogP contribution in [0.3, 0.4) is 0 Å².